The molecule has 0 aliphatic heterocycles. The van der Waals surface area contributed by atoms with Gasteiger partial charge in [-0.25, -0.2) is 13.2 Å². The molecule has 5 heteroatoms. The smallest absolute Gasteiger partial charge is 0.254 e. The van der Waals surface area contributed by atoms with Crippen LogP contribution in [-0.2, 0) is 6.54 Å². The number of hydrogen-bond donors (Lipinski definition) is 0. The first-order chi connectivity index (χ1) is 9.47. The molecule has 0 aromatic heterocycles. The summed E-state index contributed by atoms with van der Waals surface area (Å²) in [6.45, 7) is 0.0175. The molecule has 2 rings (SSSR count). The lowest BCUT2D eigenvalue weighted by atomic mass is 10.1. The summed E-state index contributed by atoms with van der Waals surface area (Å²) in [5, 5.41) is 0. The van der Waals surface area contributed by atoms with Crippen LogP contribution in [0.1, 0.15) is 15.9 Å². The first-order valence-corrected chi connectivity index (χ1v) is 5.92. The van der Waals surface area contributed by atoms with Gasteiger partial charge in [0.2, 0.25) is 0 Å². The maximum atomic E-state index is 13.5. The molecule has 104 valence electrons. The van der Waals surface area contributed by atoms with Gasteiger partial charge in [-0.1, -0.05) is 18.2 Å². The second-order valence-electron chi connectivity index (χ2n) is 4.41. The quantitative estimate of drug-likeness (QED) is 0.843. The minimum atomic E-state index is -0.826. The van der Waals surface area contributed by atoms with Crippen LogP contribution in [-0.4, -0.2) is 17.9 Å². The third kappa shape index (κ3) is 3.17. The number of carbonyl (C=O) groups excluding carboxylic acids is 1. The van der Waals surface area contributed by atoms with Crippen molar-refractivity contribution in [1.29, 1.82) is 0 Å². The number of rotatable bonds is 3. The van der Waals surface area contributed by atoms with Crippen LogP contribution >= 0.6 is 0 Å². The van der Waals surface area contributed by atoms with Gasteiger partial charge in [-0.15, -0.1) is 0 Å². The van der Waals surface area contributed by atoms with E-state index in [2.05, 4.69) is 0 Å². The van der Waals surface area contributed by atoms with E-state index >= 15 is 0 Å². The highest BCUT2D eigenvalue weighted by molar-refractivity contribution is 5.94. The molecule has 0 N–H and O–H groups in total. The maximum Gasteiger partial charge on any atom is 0.254 e. The summed E-state index contributed by atoms with van der Waals surface area (Å²) in [4.78, 5) is 13.2. The number of halogens is 3. The number of amides is 1. The molecular weight excluding hydrogens is 267 g/mol. The van der Waals surface area contributed by atoms with E-state index in [1.165, 1.54) is 18.0 Å². The summed E-state index contributed by atoms with van der Waals surface area (Å²) in [5.74, 6) is -2.66. The highest BCUT2D eigenvalue weighted by Gasteiger charge is 2.15. The Bertz CT molecular complexity index is 623. The Kier molecular flexibility index (Phi) is 4.08. The minimum Gasteiger partial charge on any atom is -0.337 e. The SMILES string of the molecule is CN(Cc1ccccc1F)C(=O)c1cc(F)cc(F)c1. The lowest BCUT2D eigenvalue weighted by molar-refractivity contribution is 0.0783. The molecule has 2 nitrogen and oxygen atoms in total. The molecule has 0 radical (unpaired) electrons. The predicted molar refractivity (Wildman–Crippen MR) is 68.6 cm³/mol. The van der Waals surface area contributed by atoms with E-state index in [1.54, 1.807) is 18.2 Å². The molecule has 2 aromatic rings. The Labute approximate surface area is 114 Å². The Balaban J connectivity index is 2.18. The molecule has 0 heterocycles. The standard InChI is InChI=1S/C15H12F3NO/c1-19(9-10-4-2-3-5-14(10)18)15(20)11-6-12(16)8-13(17)7-11/h2-8H,9H2,1H3. The van der Waals surface area contributed by atoms with Crippen molar-refractivity contribution in [3.8, 4) is 0 Å². The van der Waals surface area contributed by atoms with Crippen molar-refractivity contribution in [3.63, 3.8) is 0 Å². The van der Waals surface area contributed by atoms with Crippen LogP contribution in [0.4, 0.5) is 13.2 Å². The zero-order valence-corrected chi connectivity index (χ0v) is 10.7. The molecular formula is C15H12F3NO. The lowest BCUT2D eigenvalue weighted by Gasteiger charge is -2.17. The molecule has 1 amide bonds. The van der Waals surface area contributed by atoms with Crippen molar-refractivity contribution < 1.29 is 18.0 Å². The third-order valence-corrected chi connectivity index (χ3v) is 2.82. The van der Waals surface area contributed by atoms with E-state index in [-0.39, 0.29) is 12.1 Å². The van der Waals surface area contributed by atoms with Crippen LogP contribution in [0.15, 0.2) is 42.5 Å². The third-order valence-electron chi connectivity index (χ3n) is 2.82. The molecule has 0 unspecified atom stereocenters. The van der Waals surface area contributed by atoms with Crippen molar-refractivity contribution in [2.24, 2.45) is 0 Å². The van der Waals surface area contributed by atoms with Gasteiger partial charge in [0.1, 0.15) is 17.5 Å². The largest absolute Gasteiger partial charge is 0.337 e. The second kappa shape index (κ2) is 5.77. The molecule has 0 spiro atoms. The van der Waals surface area contributed by atoms with Crippen LogP contribution in [0.3, 0.4) is 0 Å². The fourth-order valence-electron chi connectivity index (χ4n) is 1.85. The summed E-state index contributed by atoms with van der Waals surface area (Å²) in [5.41, 5.74) is 0.224. The number of hydrogen-bond acceptors (Lipinski definition) is 1. The molecule has 0 bridgehead atoms. The lowest BCUT2D eigenvalue weighted by Crippen LogP contribution is -2.26. The Hall–Kier alpha value is -2.30. The van der Waals surface area contributed by atoms with E-state index in [0.717, 1.165) is 12.1 Å². The average Bonchev–Trinajstić information content (AvgIpc) is 2.39. The van der Waals surface area contributed by atoms with Crippen LogP contribution in [0, 0.1) is 17.5 Å². The van der Waals surface area contributed by atoms with Gasteiger partial charge in [0, 0.05) is 30.8 Å². The Morgan fingerprint density at radius 3 is 2.25 bits per heavy atom. The monoisotopic (exact) mass is 279 g/mol. The number of benzene rings is 2. The summed E-state index contributed by atoms with van der Waals surface area (Å²) < 4.78 is 39.6. The molecule has 0 fully saturated rings. The van der Waals surface area contributed by atoms with Crippen molar-refractivity contribution in [1.82, 2.24) is 4.90 Å². The Morgan fingerprint density at radius 2 is 1.65 bits per heavy atom. The van der Waals surface area contributed by atoms with E-state index in [0.29, 0.717) is 11.6 Å². The Morgan fingerprint density at radius 1 is 1.05 bits per heavy atom. The van der Waals surface area contributed by atoms with Crippen LogP contribution < -0.4 is 0 Å². The summed E-state index contributed by atoms with van der Waals surface area (Å²) in [6, 6.07) is 8.61. The normalized spacial score (nSPS) is 10.4. The minimum absolute atomic E-state index is 0.0175. The first kappa shape index (κ1) is 14.1. The summed E-state index contributed by atoms with van der Waals surface area (Å²) in [6.07, 6.45) is 0. The molecule has 0 aliphatic rings. The van der Waals surface area contributed by atoms with E-state index in [1.807, 2.05) is 0 Å². The maximum absolute atomic E-state index is 13.5. The van der Waals surface area contributed by atoms with Crippen LogP contribution in [0.25, 0.3) is 0 Å². The molecule has 0 aliphatic carbocycles. The average molecular weight is 279 g/mol. The fraction of sp³-hybridized carbons (Fsp3) is 0.133. The van der Waals surface area contributed by atoms with Gasteiger partial charge in [-0.05, 0) is 18.2 Å². The number of carbonyl (C=O) groups is 1. The molecule has 2 aromatic carbocycles. The fourth-order valence-corrected chi connectivity index (χ4v) is 1.85. The predicted octanol–water partition coefficient (Wildman–Crippen LogP) is 3.38. The summed E-state index contributed by atoms with van der Waals surface area (Å²) >= 11 is 0. The van der Waals surface area contributed by atoms with Crippen molar-refractivity contribution in [3.05, 3.63) is 71.0 Å². The van der Waals surface area contributed by atoms with Gasteiger partial charge in [0.15, 0.2) is 0 Å². The zero-order chi connectivity index (χ0) is 14.7. The van der Waals surface area contributed by atoms with E-state index < -0.39 is 23.4 Å². The first-order valence-electron chi connectivity index (χ1n) is 5.92. The summed E-state index contributed by atoms with van der Waals surface area (Å²) in [7, 11) is 1.44. The van der Waals surface area contributed by atoms with Gasteiger partial charge < -0.3 is 4.90 Å². The van der Waals surface area contributed by atoms with Crippen molar-refractivity contribution in [2.75, 3.05) is 7.05 Å². The highest BCUT2D eigenvalue weighted by atomic mass is 19.1. The van der Waals surface area contributed by atoms with Crippen LogP contribution in [0.2, 0.25) is 0 Å². The van der Waals surface area contributed by atoms with Crippen LogP contribution in [0.5, 0.6) is 0 Å². The topological polar surface area (TPSA) is 20.3 Å². The van der Waals surface area contributed by atoms with E-state index in [4.69, 9.17) is 0 Å². The zero-order valence-electron chi connectivity index (χ0n) is 10.7. The molecule has 0 atom stereocenters. The van der Waals surface area contributed by atoms with Gasteiger partial charge in [-0.3, -0.25) is 4.79 Å². The van der Waals surface area contributed by atoms with Gasteiger partial charge in [0.05, 0.1) is 0 Å². The second-order valence-corrected chi connectivity index (χ2v) is 4.41. The number of nitrogens with zero attached hydrogens (tertiary/aromatic N) is 1. The van der Waals surface area contributed by atoms with Gasteiger partial charge in [-0.2, -0.15) is 0 Å². The van der Waals surface area contributed by atoms with E-state index in [9.17, 15) is 18.0 Å². The van der Waals surface area contributed by atoms with Gasteiger partial charge in [0.25, 0.3) is 5.91 Å². The van der Waals surface area contributed by atoms with Crippen molar-refractivity contribution >= 4 is 5.91 Å². The molecule has 20 heavy (non-hydrogen) atoms. The molecule has 0 saturated heterocycles. The van der Waals surface area contributed by atoms with Crippen molar-refractivity contribution in [2.45, 2.75) is 6.54 Å². The van der Waals surface area contributed by atoms with Gasteiger partial charge >= 0.3 is 0 Å². The highest BCUT2D eigenvalue weighted by Crippen LogP contribution is 2.13. The molecule has 0 saturated carbocycles.